The summed E-state index contributed by atoms with van der Waals surface area (Å²) >= 11 is 0. The van der Waals surface area contributed by atoms with Crippen LogP contribution in [0.1, 0.15) is 47.4 Å². The smallest absolute Gasteiger partial charge is 0.257 e. The molecule has 0 bridgehead atoms. The molecule has 2 amide bonds. The molecule has 1 saturated heterocycles. The van der Waals surface area contributed by atoms with Crippen molar-refractivity contribution < 1.29 is 9.59 Å². The molecule has 0 saturated carbocycles. The van der Waals surface area contributed by atoms with Gasteiger partial charge in [0, 0.05) is 44.8 Å². The van der Waals surface area contributed by atoms with Gasteiger partial charge in [0.15, 0.2) is 0 Å². The number of carbonyl (C=O) groups is 2. The van der Waals surface area contributed by atoms with Crippen molar-refractivity contribution in [3.63, 3.8) is 0 Å². The number of hydrogen-bond donors (Lipinski definition) is 2. The summed E-state index contributed by atoms with van der Waals surface area (Å²) in [6.07, 6.45) is 3.62. The molecule has 7 nitrogen and oxygen atoms in total. The molecule has 1 aliphatic heterocycles. The Morgan fingerprint density at radius 2 is 1.90 bits per heavy atom. The van der Waals surface area contributed by atoms with E-state index in [0.717, 1.165) is 39.0 Å². The third-order valence-corrected chi connectivity index (χ3v) is 5.26. The maximum Gasteiger partial charge on any atom is 0.257 e. The highest BCUT2D eigenvalue weighted by molar-refractivity contribution is 6.05. The van der Waals surface area contributed by atoms with Crippen LogP contribution in [0.5, 0.6) is 0 Å². The van der Waals surface area contributed by atoms with Gasteiger partial charge in [0.05, 0.1) is 17.4 Å². The fourth-order valence-electron chi connectivity index (χ4n) is 3.53. The van der Waals surface area contributed by atoms with Crippen molar-refractivity contribution >= 4 is 23.3 Å². The molecule has 2 aromatic rings. The third kappa shape index (κ3) is 5.36. The Bertz CT molecular complexity index is 850. The number of aromatic nitrogens is 1. The fraction of sp³-hybridized carbons (Fsp3) is 0.435. The van der Waals surface area contributed by atoms with Crippen LogP contribution in [0.4, 0.5) is 11.5 Å². The molecule has 1 aromatic carbocycles. The van der Waals surface area contributed by atoms with E-state index < -0.39 is 0 Å². The number of carbonyl (C=O) groups excluding carboxylic acids is 2. The predicted octanol–water partition coefficient (Wildman–Crippen LogP) is 3.01. The Balaban J connectivity index is 1.90. The van der Waals surface area contributed by atoms with Gasteiger partial charge >= 0.3 is 0 Å². The van der Waals surface area contributed by atoms with Crippen molar-refractivity contribution in [1.29, 1.82) is 0 Å². The summed E-state index contributed by atoms with van der Waals surface area (Å²) in [6.45, 7) is 8.77. The first-order valence-electron chi connectivity index (χ1n) is 10.8. The van der Waals surface area contributed by atoms with Crippen LogP contribution in [0, 0.1) is 0 Å². The number of nitrogens with one attached hydrogen (secondary N) is 2. The molecule has 1 fully saturated rings. The SMILES string of the molecule is CCCCN(CC)C(=O)c1cc(NC(=O)c2ccccc2)cnc1N1CCNCC1. The van der Waals surface area contributed by atoms with Gasteiger partial charge in [0.1, 0.15) is 5.82 Å². The quantitative estimate of drug-likeness (QED) is 0.701. The molecule has 0 radical (unpaired) electrons. The lowest BCUT2D eigenvalue weighted by atomic mass is 10.1. The van der Waals surface area contributed by atoms with Gasteiger partial charge in [-0.05, 0) is 31.5 Å². The zero-order valence-electron chi connectivity index (χ0n) is 17.9. The first kappa shape index (κ1) is 21.8. The van der Waals surface area contributed by atoms with Crippen LogP contribution in [-0.2, 0) is 0 Å². The van der Waals surface area contributed by atoms with Crippen molar-refractivity contribution in [2.24, 2.45) is 0 Å². The van der Waals surface area contributed by atoms with Crippen molar-refractivity contribution in [1.82, 2.24) is 15.2 Å². The van der Waals surface area contributed by atoms with E-state index in [0.29, 0.717) is 35.7 Å². The molecule has 1 aliphatic rings. The molecule has 30 heavy (non-hydrogen) atoms. The number of rotatable bonds is 8. The summed E-state index contributed by atoms with van der Waals surface area (Å²) in [4.78, 5) is 34.5. The van der Waals surface area contributed by atoms with Crippen LogP contribution in [0.2, 0.25) is 0 Å². The largest absolute Gasteiger partial charge is 0.353 e. The van der Waals surface area contributed by atoms with E-state index >= 15 is 0 Å². The van der Waals surface area contributed by atoms with Gasteiger partial charge < -0.3 is 20.4 Å². The molecule has 0 unspecified atom stereocenters. The van der Waals surface area contributed by atoms with Crippen LogP contribution < -0.4 is 15.5 Å². The number of amides is 2. The van der Waals surface area contributed by atoms with E-state index in [9.17, 15) is 9.59 Å². The molecule has 0 aliphatic carbocycles. The summed E-state index contributed by atoms with van der Waals surface area (Å²) in [7, 11) is 0. The number of pyridine rings is 1. The fourth-order valence-corrected chi connectivity index (χ4v) is 3.53. The molecule has 1 aromatic heterocycles. The van der Waals surface area contributed by atoms with E-state index in [1.807, 2.05) is 30.0 Å². The van der Waals surface area contributed by atoms with Gasteiger partial charge in [-0.15, -0.1) is 0 Å². The number of hydrogen-bond acceptors (Lipinski definition) is 5. The summed E-state index contributed by atoms with van der Waals surface area (Å²) in [5.41, 5.74) is 1.63. The van der Waals surface area contributed by atoms with Crippen molar-refractivity contribution in [2.75, 3.05) is 49.5 Å². The average molecular weight is 410 g/mol. The standard InChI is InChI=1S/C23H31N5O2/c1-3-5-13-27(4-2)23(30)20-16-19(26-22(29)18-9-7-6-8-10-18)17-25-21(20)28-14-11-24-12-15-28/h6-10,16-17,24H,3-5,11-15H2,1-2H3,(H,26,29). The number of nitrogens with zero attached hydrogens (tertiary/aromatic N) is 3. The van der Waals surface area contributed by atoms with E-state index in [1.54, 1.807) is 24.4 Å². The molecule has 3 rings (SSSR count). The lowest BCUT2D eigenvalue weighted by Crippen LogP contribution is -2.45. The van der Waals surface area contributed by atoms with Gasteiger partial charge in [-0.1, -0.05) is 31.5 Å². The summed E-state index contributed by atoms with van der Waals surface area (Å²) in [5.74, 6) is 0.431. The Hall–Kier alpha value is -2.93. The highest BCUT2D eigenvalue weighted by atomic mass is 16.2. The van der Waals surface area contributed by atoms with E-state index in [4.69, 9.17) is 0 Å². The molecule has 0 spiro atoms. The number of piperazine rings is 1. The first-order chi connectivity index (χ1) is 14.6. The minimum absolute atomic E-state index is 0.0391. The minimum Gasteiger partial charge on any atom is -0.353 e. The Labute approximate surface area is 178 Å². The second kappa shape index (κ2) is 10.7. The number of anilines is 2. The Morgan fingerprint density at radius 1 is 1.17 bits per heavy atom. The van der Waals surface area contributed by atoms with Gasteiger partial charge in [-0.25, -0.2) is 4.98 Å². The lowest BCUT2D eigenvalue weighted by molar-refractivity contribution is 0.0762. The second-order valence-corrected chi connectivity index (χ2v) is 7.39. The first-order valence-corrected chi connectivity index (χ1v) is 10.8. The van der Waals surface area contributed by atoms with E-state index in [2.05, 4.69) is 27.4 Å². The Kier molecular flexibility index (Phi) is 7.79. The van der Waals surface area contributed by atoms with Gasteiger partial charge in [-0.2, -0.15) is 0 Å². The lowest BCUT2D eigenvalue weighted by Gasteiger charge is -2.31. The van der Waals surface area contributed by atoms with Crippen LogP contribution in [-0.4, -0.2) is 61.0 Å². The molecule has 2 N–H and O–H groups in total. The molecule has 160 valence electrons. The van der Waals surface area contributed by atoms with Crippen LogP contribution in [0.15, 0.2) is 42.6 Å². The average Bonchev–Trinajstić information content (AvgIpc) is 2.80. The maximum atomic E-state index is 13.4. The van der Waals surface area contributed by atoms with Crippen molar-refractivity contribution in [2.45, 2.75) is 26.7 Å². The molecule has 0 atom stereocenters. The molecule has 7 heteroatoms. The zero-order chi connectivity index (χ0) is 21.3. The van der Waals surface area contributed by atoms with Gasteiger partial charge in [0.2, 0.25) is 0 Å². The normalized spacial score (nSPS) is 13.7. The minimum atomic E-state index is -0.218. The molecular formula is C23H31N5O2. The van der Waals surface area contributed by atoms with E-state index in [-0.39, 0.29) is 11.8 Å². The second-order valence-electron chi connectivity index (χ2n) is 7.39. The van der Waals surface area contributed by atoms with Crippen LogP contribution in [0.25, 0.3) is 0 Å². The zero-order valence-corrected chi connectivity index (χ0v) is 17.9. The molecular weight excluding hydrogens is 378 g/mol. The summed E-state index contributed by atoms with van der Waals surface area (Å²) in [5, 5.41) is 6.21. The summed E-state index contributed by atoms with van der Waals surface area (Å²) in [6, 6.07) is 10.8. The molecule has 2 heterocycles. The number of benzene rings is 1. The van der Waals surface area contributed by atoms with Crippen molar-refractivity contribution in [3.8, 4) is 0 Å². The highest BCUT2D eigenvalue weighted by Gasteiger charge is 2.24. The van der Waals surface area contributed by atoms with Gasteiger partial charge in [0.25, 0.3) is 11.8 Å². The highest BCUT2D eigenvalue weighted by Crippen LogP contribution is 2.24. The Morgan fingerprint density at radius 3 is 2.57 bits per heavy atom. The topological polar surface area (TPSA) is 77.6 Å². The summed E-state index contributed by atoms with van der Waals surface area (Å²) < 4.78 is 0. The monoisotopic (exact) mass is 409 g/mol. The number of unbranched alkanes of at least 4 members (excludes halogenated alkanes) is 1. The van der Waals surface area contributed by atoms with Crippen LogP contribution >= 0.6 is 0 Å². The van der Waals surface area contributed by atoms with E-state index in [1.165, 1.54) is 0 Å². The van der Waals surface area contributed by atoms with Crippen LogP contribution in [0.3, 0.4) is 0 Å². The third-order valence-electron chi connectivity index (χ3n) is 5.26. The maximum absolute atomic E-state index is 13.4. The van der Waals surface area contributed by atoms with Crippen molar-refractivity contribution in [3.05, 3.63) is 53.7 Å². The predicted molar refractivity (Wildman–Crippen MR) is 120 cm³/mol. The van der Waals surface area contributed by atoms with Gasteiger partial charge in [-0.3, -0.25) is 9.59 Å².